The molecule has 5 nitrogen and oxygen atoms in total. The van der Waals surface area contributed by atoms with Crippen molar-refractivity contribution in [2.24, 2.45) is 0 Å². The summed E-state index contributed by atoms with van der Waals surface area (Å²) < 4.78 is 13.7. The summed E-state index contributed by atoms with van der Waals surface area (Å²) in [4.78, 5) is 12.0. The molecule has 1 fully saturated rings. The van der Waals surface area contributed by atoms with Crippen LogP contribution < -0.4 is 4.90 Å². The number of anilines is 1. The Morgan fingerprint density at radius 1 is 1.59 bits per heavy atom. The summed E-state index contributed by atoms with van der Waals surface area (Å²) in [5.41, 5.74) is 0.120. The third-order valence-electron chi connectivity index (χ3n) is 2.72. The zero-order valence-electron chi connectivity index (χ0n) is 8.77. The van der Waals surface area contributed by atoms with Gasteiger partial charge in [0, 0.05) is 25.2 Å². The Morgan fingerprint density at radius 2 is 2.29 bits per heavy atom. The van der Waals surface area contributed by atoms with E-state index in [1.54, 1.807) is 27.5 Å². The van der Waals surface area contributed by atoms with Gasteiger partial charge in [-0.05, 0) is 29.0 Å². The summed E-state index contributed by atoms with van der Waals surface area (Å²) in [6.45, 7) is 0.808. The molecule has 17 heavy (non-hydrogen) atoms. The highest BCUT2D eigenvalue weighted by atomic mass is 127. The third kappa shape index (κ3) is 2.49. The first-order valence-electron chi connectivity index (χ1n) is 5.05. The van der Waals surface area contributed by atoms with Crippen LogP contribution >= 0.6 is 22.6 Å². The van der Waals surface area contributed by atoms with E-state index in [0.29, 0.717) is 19.5 Å². The lowest BCUT2D eigenvalue weighted by Gasteiger charge is -2.17. The predicted molar refractivity (Wildman–Crippen MR) is 68.6 cm³/mol. The Hall–Kier alpha value is -0.960. The molecule has 0 saturated carbocycles. The van der Waals surface area contributed by atoms with Gasteiger partial charge in [0.2, 0.25) is 0 Å². The first kappa shape index (κ1) is 12.5. The molecule has 1 saturated heterocycles. The SMILES string of the molecule is O=[N+]([O-])c1cc(I)c(F)cc1N1CC[C@@H](O)C1. The second-order valence-electron chi connectivity index (χ2n) is 3.90. The summed E-state index contributed by atoms with van der Waals surface area (Å²) >= 11 is 1.72. The second-order valence-corrected chi connectivity index (χ2v) is 5.06. The number of hydrogen-bond acceptors (Lipinski definition) is 4. The van der Waals surface area contributed by atoms with Crippen LogP contribution in [0.15, 0.2) is 12.1 Å². The lowest BCUT2D eigenvalue weighted by Crippen LogP contribution is -2.22. The molecule has 0 bridgehead atoms. The number of β-amino-alcohol motifs (C(OH)–C–C–N with tert-alkyl or cyclic N) is 1. The second kappa shape index (κ2) is 4.73. The predicted octanol–water partition coefficient (Wildman–Crippen LogP) is 1.91. The number of benzene rings is 1. The van der Waals surface area contributed by atoms with Crippen LogP contribution in [0.4, 0.5) is 15.8 Å². The van der Waals surface area contributed by atoms with Crippen molar-refractivity contribution in [3.63, 3.8) is 0 Å². The van der Waals surface area contributed by atoms with Crippen LogP contribution in [0.5, 0.6) is 0 Å². The van der Waals surface area contributed by atoms with E-state index in [9.17, 15) is 19.6 Å². The molecule has 2 rings (SSSR count). The molecule has 0 unspecified atom stereocenters. The van der Waals surface area contributed by atoms with Gasteiger partial charge in [-0.3, -0.25) is 10.1 Å². The fourth-order valence-corrected chi connectivity index (χ4v) is 2.34. The minimum absolute atomic E-state index is 0.120. The number of aliphatic hydroxyl groups excluding tert-OH is 1. The Balaban J connectivity index is 2.44. The number of aliphatic hydroxyl groups is 1. The Kier molecular flexibility index (Phi) is 3.48. The van der Waals surface area contributed by atoms with Crippen LogP contribution in [-0.2, 0) is 0 Å². The highest BCUT2D eigenvalue weighted by Crippen LogP contribution is 2.33. The molecule has 7 heteroatoms. The maximum atomic E-state index is 13.5. The van der Waals surface area contributed by atoms with Gasteiger partial charge in [0.05, 0.1) is 14.6 Å². The number of halogens is 2. The van der Waals surface area contributed by atoms with Crippen molar-refractivity contribution in [1.82, 2.24) is 0 Å². The zero-order chi connectivity index (χ0) is 12.6. The van der Waals surface area contributed by atoms with E-state index in [1.807, 2.05) is 0 Å². The summed E-state index contributed by atoms with van der Waals surface area (Å²) in [6.07, 6.45) is 0.0436. The smallest absolute Gasteiger partial charge is 0.293 e. The van der Waals surface area contributed by atoms with Crippen LogP contribution in [0.2, 0.25) is 0 Å². The van der Waals surface area contributed by atoms with Crippen molar-refractivity contribution in [3.8, 4) is 0 Å². The fourth-order valence-electron chi connectivity index (χ4n) is 1.89. The maximum Gasteiger partial charge on any atom is 0.293 e. The summed E-state index contributed by atoms with van der Waals surface area (Å²) in [5, 5.41) is 20.3. The maximum absolute atomic E-state index is 13.5. The number of nitro benzene ring substituents is 1. The van der Waals surface area contributed by atoms with Gasteiger partial charge in [-0.2, -0.15) is 0 Å². The normalized spacial score (nSPS) is 19.7. The molecule has 1 N–H and O–H groups in total. The molecular formula is C10H10FIN2O3. The number of nitrogens with zero attached hydrogens (tertiary/aromatic N) is 2. The minimum Gasteiger partial charge on any atom is -0.391 e. The van der Waals surface area contributed by atoms with Crippen molar-refractivity contribution >= 4 is 34.0 Å². The summed E-state index contributed by atoms with van der Waals surface area (Å²) in [6, 6.07) is 2.38. The monoisotopic (exact) mass is 352 g/mol. The number of nitro groups is 1. The Bertz CT molecular complexity index is 469. The molecular weight excluding hydrogens is 342 g/mol. The van der Waals surface area contributed by atoms with E-state index < -0.39 is 16.8 Å². The van der Waals surface area contributed by atoms with Gasteiger partial charge < -0.3 is 10.0 Å². The molecule has 1 aromatic carbocycles. The van der Waals surface area contributed by atoms with Gasteiger partial charge in [-0.15, -0.1) is 0 Å². The fraction of sp³-hybridized carbons (Fsp3) is 0.400. The standard InChI is InChI=1S/C10H10FIN2O3/c11-7-3-9(13-2-1-6(15)5-13)10(14(16)17)4-8(7)12/h3-4,6,15H,1-2,5H2/t6-/m1/s1. The molecule has 92 valence electrons. The first-order valence-corrected chi connectivity index (χ1v) is 6.13. The molecule has 0 aromatic heterocycles. The molecule has 0 aliphatic carbocycles. The highest BCUT2D eigenvalue weighted by molar-refractivity contribution is 14.1. The van der Waals surface area contributed by atoms with E-state index in [-0.39, 0.29) is 14.9 Å². The van der Waals surface area contributed by atoms with E-state index in [4.69, 9.17) is 0 Å². The molecule has 1 aliphatic rings. The van der Waals surface area contributed by atoms with Gasteiger partial charge >= 0.3 is 0 Å². The summed E-state index contributed by atoms with van der Waals surface area (Å²) in [5.74, 6) is -0.479. The van der Waals surface area contributed by atoms with Crippen LogP contribution in [-0.4, -0.2) is 29.2 Å². The Labute approximate surface area is 111 Å². The zero-order valence-corrected chi connectivity index (χ0v) is 10.9. The van der Waals surface area contributed by atoms with Gasteiger partial charge in [0.15, 0.2) is 0 Å². The van der Waals surface area contributed by atoms with Crippen molar-refractivity contribution in [2.75, 3.05) is 18.0 Å². The van der Waals surface area contributed by atoms with Crippen LogP contribution in [0, 0.1) is 19.5 Å². The van der Waals surface area contributed by atoms with E-state index in [2.05, 4.69) is 0 Å². The first-order chi connectivity index (χ1) is 7.99. The third-order valence-corrected chi connectivity index (χ3v) is 3.54. The van der Waals surface area contributed by atoms with Crippen molar-refractivity contribution in [1.29, 1.82) is 0 Å². The molecule has 1 aliphatic heterocycles. The minimum atomic E-state index is -0.526. The van der Waals surface area contributed by atoms with Crippen LogP contribution in [0.25, 0.3) is 0 Å². The lowest BCUT2D eigenvalue weighted by molar-refractivity contribution is -0.384. The van der Waals surface area contributed by atoms with Crippen LogP contribution in [0.1, 0.15) is 6.42 Å². The van der Waals surface area contributed by atoms with Crippen molar-refractivity contribution in [2.45, 2.75) is 12.5 Å². The topological polar surface area (TPSA) is 66.6 Å². The number of hydrogen-bond donors (Lipinski definition) is 1. The van der Waals surface area contributed by atoms with E-state index in [1.165, 1.54) is 6.07 Å². The van der Waals surface area contributed by atoms with Gasteiger partial charge in [-0.1, -0.05) is 0 Å². The average molecular weight is 352 g/mol. The quantitative estimate of drug-likeness (QED) is 0.502. The number of rotatable bonds is 2. The largest absolute Gasteiger partial charge is 0.391 e. The van der Waals surface area contributed by atoms with E-state index in [0.717, 1.165) is 6.07 Å². The molecule has 1 atom stereocenters. The van der Waals surface area contributed by atoms with Gasteiger partial charge in [0.1, 0.15) is 11.5 Å². The highest BCUT2D eigenvalue weighted by Gasteiger charge is 2.27. The molecule has 0 amide bonds. The summed E-state index contributed by atoms with van der Waals surface area (Å²) in [7, 11) is 0. The van der Waals surface area contributed by atoms with Gasteiger partial charge in [-0.25, -0.2) is 4.39 Å². The molecule has 1 aromatic rings. The lowest BCUT2D eigenvalue weighted by atomic mass is 10.2. The van der Waals surface area contributed by atoms with Gasteiger partial charge in [0.25, 0.3) is 5.69 Å². The van der Waals surface area contributed by atoms with Crippen LogP contribution in [0.3, 0.4) is 0 Å². The molecule has 1 heterocycles. The van der Waals surface area contributed by atoms with E-state index >= 15 is 0 Å². The average Bonchev–Trinajstić information content (AvgIpc) is 2.68. The van der Waals surface area contributed by atoms with Crippen molar-refractivity contribution < 1.29 is 14.4 Å². The molecule has 0 radical (unpaired) electrons. The Morgan fingerprint density at radius 3 is 2.82 bits per heavy atom. The van der Waals surface area contributed by atoms with Crippen molar-refractivity contribution in [3.05, 3.63) is 31.6 Å². The molecule has 0 spiro atoms.